The number of ether oxygens (including phenoxy) is 1. The maximum absolute atomic E-state index is 13.1. The van der Waals surface area contributed by atoms with Gasteiger partial charge in [-0.3, -0.25) is 4.79 Å². The fourth-order valence-corrected chi connectivity index (χ4v) is 3.63. The molecule has 0 saturated carbocycles. The lowest BCUT2D eigenvalue weighted by Crippen LogP contribution is -2.16. The minimum absolute atomic E-state index is 0.221. The van der Waals surface area contributed by atoms with E-state index in [1.807, 2.05) is 37.3 Å². The van der Waals surface area contributed by atoms with Gasteiger partial charge >= 0.3 is 0 Å². The predicted octanol–water partition coefficient (Wildman–Crippen LogP) is 4.32. The number of nitrogens with zero attached hydrogens (tertiary/aromatic N) is 3. The van der Waals surface area contributed by atoms with E-state index in [1.165, 1.54) is 0 Å². The minimum atomic E-state index is -0.221. The Morgan fingerprint density at radius 1 is 1.14 bits per heavy atom. The minimum Gasteiger partial charge on any atom is -0.476 e. The van der Waals surface area contributed by atoms with E-state index in [0.717, 1.165) is 49.3 Å². The van der Waals surface area contributed by atoms with Gasteiger partial charge in [0.05, 0.1) is 12.3 Å². The molecule has 1 amide bonds. The topological polar surface area (TPSA) is 69.0 Å². The Morgan fingerprint density at radius 3 is 2.82 bits per heavy atom. The summed E-state index contributed by atoms with van der Waals surface area (Å²) in [5.74, 6) is 1.06. The molecule has 28 heavy (non-hydrogen) atoms. The number of rotatable bonds is 5. The normalized spacial score (nSPS) is 13.5. The quantitative estimate of drug-likeness (QED) is 0.720. The molecule has 144 valence electrons. The molecule has 0 saturated heterocycles. The van der Waals surface area contributed by atoms with Crippen LogP contribution in [0.15, 0.2) is 48.7 Å². The van der Waals surface area contributed by atoms with Crippen molar-refractivity contribution in [2.45, 2.75) is 39.2 Å². The van der Waals surface area contributed by atoms with Gasteiger partial charge in [0.15, 0.2) is 0 Å². The largest absolute Gasteiger partial charge is 0.476 e. The highest BCUT2D eigenvalue weighted by atomic mass is 16.5. The summed E-state index contributed by atoms with van der Waals surface area (Å²) in [6.07, 6.45) is 5.83. The summed E-state index contributed by atoms with van der Waals surface area (Å²) in [6.45, 7) is 3.26. The van der Waals surface area contributed by atoms with E-state index < -0.39 is 0 Å². The summed E-state index contributed by atoms with van der Waals surface area (Å²) in [5, 5.41) is 2.94. The second-order valence-electron chi connectivity index (χ2n) is 6.80. The van der Waals surface area contributed by atoms with E-state index >= 15 is 0 Å². The summed E-state index contributed by atoms with van der Waals surface area (Å²) in [4.78, 5) is 22.1. The first kappa shape index (κ1) is 18.2. The molecule has 0 spiro atoms. The number of hydrogen-bond acceptors (Lipinski definition) is 4. The van der Waals surface area contributed by atoms with Crippen LogP contribution in [0.3, 0.4) is 0 Å². The number of anilines is 1. The van der Waals surface area contributed by atoms with Crippen molar-refractivity contribution in [2.24, 2.45) is 0 Å². The Labute approximate surface area is 164 Å². The molecule has 0 radical (unpaired) electrons. The third-order valence-electron chi connectivity index (χ3n) is 4.92. The maximum Gasteiger partial charge on any atom is 0.276 e. The van der Waals surface area contributed by atoms with Crippen molar-refractivity contribution in [2.75, 3.05) is 11.9 Å². The molecule has 0 unspecified atom stereocenters. The Bertz CT molecular complexity index is 966. The molecule has 3 aromatic rings. The van der Waals surface area contributed by atoms with Gasteiger partial charge < -0.3 is 14.6 Å². The molecule has 3 heterocycles. The summed E-state index contributed by atoms with van der Waals surface area (Å²) in [5.41, 5.74) is 3.09. The number of carbonyl (C=O) groups is 1. The van der Waals surface area contributed by atoms with Crippen molar-refractivity contribution >= 4 is 11.6 Å². The van der Waals surface area contributed by atoms with Gasteiger partial charge in [0.25, 0.3) is 5.91 Å². The fourth-order valence-electron chi connectivity index (χ4n) is 3.63. The first-order valence-electron chi connectivity index (χ1n) is 9.82. The molecule has 2 aromatic heterocycles. The molecule has 0 atom stereocenters. The first-order chi connectivity index (χ1) is 13.8. The third kappa shape index (κ3) is 3.63. The van der Waals surface area contributed by atoms with Gasteiger partial charge in [-0.05, 0) is 38.3 Å². The number of amides is 1. The second-order valence-corrected chi connectivity index (χ2v) is 6.80. The molecule has 0 fully saturated rings. The van der Waals surface area contributed by atoms with Crippen molar-refractivity contribution in [1.82, 2.24) is 14.5 Å². The summed E-state index contributed by atoms with van der Waals surface area (Å²) in [7, 11) is 0. The number of benzene rings is 1. The van der Waals surface area contributed by atoms with Crippen molar-refractivity contribution < 1.29 is 9.53 Å². The zero-order valence-electron chi connectivity index (χ0n) is 16.0. The second kappa shape index (κ2) is 8.25. The van der Waals surface area contributed by atoms with E-state index in [4.69, 9.17) is 9.72 Å². The molecule has 1 aliphatic heterocycles. The number of nitrogens with one attached hydrogen (secondary N) is 1. The molecule has 1 aliphatic rings. The van der Waals surface area contributed by atoms with Crippen LogP contribution in [0.2, 0.25) is 0 Å². The fraction of sp³-hybridized carbons (Fsp3) is 0.318. The number of aromatic nitrogens is 3. The summed E-state index contributed by atoms with van der Waals surface area (Å²) < 4.78 is 7.74. The Morgan fingerprint density at radius 2 is 2.00 bits per heavy atom. The number of hydrogen-bond donors (Lipinski definition) is 1. The summed E-state index contributed by atoms with van der Waals surface area (Å²) >= 11 is 0. The monoisotopic (exact) mass is 376 g/mol. The highest BCUT2D eigenvalue weighted by Crippen LogP contribution is 2.28. The van der Waals surface area contributed by atoms with Gasteiger partial charge in [-0.1, -0.05) is 36.8 Å². The Balaban J connectivity index is 1.71. The van der Waals surface area contributed by atoms with Crippen LogP contribution in [0.25, 0.3) is 11.4 Å². The molecule has 4 rings (SSSR count). The van der Waals surface area contributed by atoms with E-state index in [-0.39, 0.29) is 5.91 Å². The van der Waals surface area contributed by atoms with Gasteiger partial charge in [0.1, 0.15) is 17.2 Å². The van der Waals surface area contributed by atoms with Gasteiger partial charge in [-0.2, -0.15) is 0 Å². The lowest BCUT2D eigenvalue weighted by molar-refractivity contribution is 0.102. The van der Waals surface area contributed by atoms with Crippen LogP contribution in [0, 0.1) is 0 Å². The zero-order chi connectivity index (χ0) is 19.3. The zero-order valence-corrected chi connectivity index (χ0v) is 16.0. The number of carbonyl (C=O) groups excluding carboxylic acids is 1. The van der Waals surface area contributed by atoms with Crippen LogP contribution in [-0.4, -0.2) is 27.0 Å². The lowest BCUT2D eigenvalue weighted by atomic mass is 10.1. The molecular weight excluding hydrogens is 352 g/mol. The molecule has 6 heteroatoms. The van der Waals surface area contributed by atoms with Crippen LogP contribution < -0.4 is 10.1 Å². The van der Waals surface area contributed by atoms with Gasteiger partial charge in [-0.15, -0.1) is 0 Å². The molecule has 1 N–H and O–H groups in total. The Kier molecular flexibility index (Phi) is 5.37. The third-order valence-corrected chi connectivity index (χ3v) is 4.92. The molecule has 1 aromatic carbocycles. The predicted molar refractivity (Wildman–Crippen MR) is 109 cm³/mol. The standard InChI is InChI=1S/C22H24N4O2/c1-2-28-22-17(12-9-14-23-22)24-21(27)19-18-13-7-4-8-15-26(18)20(25-19)16-10-5-3-6-11-16/h3,5-6,9-12,14H,2,4,7-8,13,15H2,1H3,(H,24,27). The van der Waals surface area contributed by atoms with Crippen molar-refractivity contribution in [3.63, 3.8) is 0 Å². The van der Waals surface area contributed by atoms with Crippen molar-refractivity contribution in [3.05, 3.63) is 60.0 Å². The average molecular weight is 376 g/mol. The van der Waals surface area contributed by atoms with Crippen LogP contribution in [0.4, 0.5) is 5.69 Å². The number of imidazole rings is 1. The highest BCUT2D eigenvalue weighted by molar-refractivity contribution is 6.04. The van der Waals surface area contributed by atoms with Crippen LogP contribution in [-0.2, 0) is 13.0 Å². The van der Waals surface area contributed by atoms with E-state index in [1.54, 1.807) is 18.3 Å². The van der Waals surface area contributed by atoms with Crippen LogP contribution in [0.5, 0.6) is 5.88 Å². The average Bonchev–Trinajstić information content (AvgIpc) is 2.91. The van der Waals surface area contributed by atoms with Crippen molar-refractivity contribution in [1.29, 1.82) is 0 Å². The van der Waals surface area contributed by atoms with E-state index in [2.05, 4.69) is 14.9 Å². The molecule has 6 nitrogen and oxygen atoms in total. The molecule has 0 bridgehead atoms. The van der Waals surface area contributed by atoms with Gasteiger partial charge in [0.2, 0.25) is 5.88 Å². The van der Waals surface area contributed by atoms with Crippen LogP contribution >= 0.6 is 0 Å². The highest BCUT2D eigenvalue weighted by Gasteiger charge is 2.25. The summed E-state index contributed by atoms with van der Waals surface area (Å²) in [6, 6.07) is 13.6. The Hall–Kier alpha value is -3.15. The lowest BCUT2D eigenvalue weighted by Gasteiger charge is -2.10. The SMILES string of the molecule is CCOc1ncccc1NC(=O)c1nc(-c2ccccc2)n2c1CCCCC2. The maximum atomic E-state index is 13.1. The first-order valence-corrected chi connectivity index (χ1v) is 9.82. The molecular formula is C22H24N4O2. The number of pyridine rings is 1. The van der Waals surface area contributed by atoms with Crippen molar-refractivity contribution in [3.8, 4) is 17.3 Å². The van der Waals surface area contributed by atoms with E-state index in [9.17, 15) is 4.79 Å². The van der Waals surface area contributed by atoms with Gasteiger partial charge in [0, 0.05) is 18.3 Å². The number of fused-ring (bicyclic) bond motifs is 1. The van der Waals surface area contributed by atoms with E-state index in [0.29, 0.717) is 23.9 Å². The smallest absolute Gasteiger partial charge is 0.276 e. The molecule has 0 aliphatic carbocycles. The van der Waals surface area contributed by atoms with Crippen LogP contribution in [0.1, 0.15) is 42.4 Å². The van der Waals surface area contributed by atoms with Gasteiger partial charge in [-0.25, -0.2) is 9.97 Å².